The zero-order valence-corrected chi connectivity index (χ0v) is 18.8. The first-order valence-corrected chi connectivity index (χ1v) is 11.7. The number of benzene rings is 3. The Morgan fingerprint density at radius 3 is 2.29 bits per heavy atom. The lowest BCUT2D eigenvalue weighted by molar-refractivity contribution is 0.0955. The molecule has 3 rings (SSSR count). The maximum Gasteiger partial charge on any atom is 0.271 e. The van der Waals surface area contributed by atoms with Crippen molar-refractivity contribution in [3.63, 3.8) is 0 Å². The van der Waals surface area contributed by atoms with E-state index in [2.05, 4.69) is 10.5 Å². The molecule has 160 valence electrons. The molecule has 0 aliphatic carbocycles. The summed E-state index contributed by atoms with van der Waals surface area (Å²) in [6.07, 6.45) is 2.59. The van der Waals surface area contributed by atoms with E-state index in [0.717, 1.165) is 11.8 Å². The monoisotopic (exact) mass is 475 g/mol. The number of rotatable bonds is 7. The van der Waals surface area contributed by atoms with Gasteiger partial charge in [0.2, 0.25) is 10.0 Å². The molecule has 0 bridgehead atoms. The number of hydrazone groups is 1. The Hall–Kier alpha value is -2.87. The lowest BCUT2D eigenvalue weighted by atomic mass is 10.2. The molecule has 0 aliphatic rings. The topological polar surface area (TPSA) is 78.8 Å². The summed E-state index contributed by atoms with van der Waals surface area (Å²) in [5, 5.41) is 4.73. The Morgan fingerprint density at radius 2 is 1.68 bits per heavy atom. The molecule has 3 aromatic carbocycles. The number of hydrogen-bond acceptors (Lipinski definition) is 4. The number of amides is 1. The molecule has 3 aromatic rings. The highest BCUT2D eigenvalue weighted by Gasteiger charge is 2.18. The predicted molar refractivity (Wildman–Crippen MR) is 125 cm³/mol. The van der Waals surface area contributed by atoms with Crippen molar-refractivity contribution in [1.29, 1.82) is 0 Å². The minimum Gasteiger partial charge on any atom is -0.267 e. The maximum atomic E-state index is 12.3. The average Bonchev–Trinajstić information content (AvgIpc) is 2.74. The molecule has 0 aliphatic heterocycles. The molecule has 31 heavy (non-hydrogen) atoms. The van der Waals surface area contributed by atoms with Crippen LogP contribution in [0.5, 0.6) is 0 Å². The quantitative estimate of drug-likeness (QED) is 0.396. The summed E-state index contributed by atoms with van der Waals surface area (Å²) in [6, 6.07) is 20.5. The summed E-state index contributed by atoms with van der Waals surface area (Å²) in [7, 11) is -3.51. The summed E-state index contributed by atoms with van der Waals surface area (Å²) in [5.41, 5.74) is 4.75. The highest BCUT2D eigenvalue weighted by molar-refractivity contribution is 7.92. The molecule has 0 aromatic heterocycles. The molecule has 0 saturated heterocycles. The summed E-state index contributed by atoms with van der Waals surface area (Å²) in [6.45, 7) is 0.194. The molecule has 0 saturated carbocycles. The molecule has 0 fully saturated rings. The highest BCUT2D eigenvalue weighted by Crippen LogP contribution is 2.22. The standard InChI is InChI=1S/C22H19Cl2N3O3S/c1-31(29,30)27(15-16-5-3-2-4-6-16)19-10-8-18(9-11-19)22(28)26-25-14-17-7-12-20(23)21(24)13-17/h2-14H,15H2,1H3,(H,26,28)/b25-14-. The van der Waals surface area contributed by atoms with Crippen molar-refractivity contribution in [2.75, 3.05) is 10.6 Å². The zero-order chi connectivity index (χ0) is 22.4. The van der Waals surface area contributed by atoms with E-state index in [1.54, 1.807) is 42.5 Å². The van der Waals surface area contributed by atoms with E-state index in [9.17, 15) is 13.2 Å². The van der Waals surface area contributed by atoms with Crippen LogP contribution in [0.25, 0.3) is 0 Å². The Kier molecular flexibility index (Phi) is 7.33. The van der Waals surface area contributed by atoms with Crippen molar-refractivity contribution in [3.05, 3.63) is 99.5 Å². The van der Waals surface area contributed by atoms with Gasteiger partial charge in [0.05, 0.1) is 34.7 Å². The van der Waals surface area contributed by atoms with Gasteiger partial charge in [0.25, 0.3) is 5.91 Å². The molecule has 0 unspecified atom stereocenters. The van der Waals surface area contributed by atoms with Crippen LogP contribution in [0.3, 0.4) is 0 Å². The van der Waals surface area contributed by atoms with Gasteiger partial charge in [-0.1, -0.05) is 59.6 Å². The molecule has 1 N–H and O–H groups in total. The first-order chi connectivity index (χ1) is 14.7. The van der Waals surface area contributed by atoms with Crippen LogP contribution in [-0.2, 0) is 16.6 Å². The Bertz CT molecular complexity index is 1200. The van der Waals surface area contributed by atoms with E-state index in [1.807, 2.05) is 30.3 Å². The van der Waals surface area contributed by atoms with Gasteiger partial charge in [-0.25, -0.2) is 13.8 Å². The van der Waals surface area contributed by atoms with Crippen LogP contribution in [-0.4, -0.2) is 26.8 Å². The third-order valence-electron chi connectivity index (χ3n) is 4.31. The van der Waals surface area contributed by atoms with Gasteiger partial charge in [-0.15, -0.1) is 0 Å². The minimum absolute atomic E-state index is 0.194. The van der Waals surface area contributed by atoms with E-state index < -0.39 is 15.9 Å². The fourth-order valence-corrected chi connectivity index (χ4v) is 3.95. The van der Waals surface area contributed by atoms with Crippen molar-refractivity contribution in [3.8, 4) is 0 Å². The van der Waals surface area contributed by atoms with Gasteiger partial charge in [0, 0.05) is 5.56 Å². The van der Waals surface area contributed by atoms with E-state index in [-0.39, 0.29) is 6.54 Å². The van der Waals surface area contributed by atoms with Gasteiger partial charge in [0.15, 0.2) is 0 Å². The molecular formula is C22H19Cl2N3O3S. The van der Waals surface area contributed by atoms with Crippen LogP contribution in [0.4, 0.5) is 5.69 Å². The van der Waals surface area contributed by atoms with Crippen LogP contribution in [0, 0.1) is 0 Å². The number of nitrogens with zero attached hydrogens (tertiary/aromatic N) is 2. The van der Waals surface area contributed by atoms with Crippen LogP contribution >= 0.6 is 23.2 Å². The second-order valence-corrected chi connectivity index (χ2v) is 9.40. The van der Waals surface area contributed by atoms with Gasteiger partial charge in [0.1, 0.15) is 0 Å². The number of carbonyl (C=O) groups excluding carboxylic acids is 1. The van der Waals surface area contributed by atoms with Crippen molar-refractivity contribution in [2.45, 2.75) is 6.54 Å². The van der Waals surface area contributed by atoms with Crippen molar-refractivity contribution in [2.24, 2.45) is 5.10 Å². The molecule has 0 atom stereocenters. The third-order valence-corrected chi connectivity index (χ3v) is 6.19. The third kappa shape index (κ3) is 6.30. The van der Waals surface area contributed by atoms with Crippen molar-refractivity contribution < 1.29 is 13.2 Å². The van der Waals surface area contributed by atoms with Crippen LogP contribution < -0.4 is 9.73 Å². The first-order valence-electron chi connectivity index (χ1n) is 9.14. The number of anilines is 1. The number of carbonyl (C=O) groups is 1. The summed E-state index contributed by atoms with van der Waals surface area (Å²) >= 11 is 11.8. The number of nitrogens with one attached hydrogen (secondary N) is 1. The normalized spacial score (nSPS) is 11.5. The van der Waals surface area contributed by atoms with Crippen LogP contribution in [0.2, 0.25) is 10.0 Å². The molecule has 0 spiro atoms. The van der Waals surface area contributed by atoms with E-state index in [4.69, 9.17) is 23.2 Å². The number of hydrogen-bond donors (Lipinski definition) is 1. The first kappa shape index (κ1) is 22.8. The predicted octanol–water partition coefficient (Wildman–Crippen LogP) is 4.72. The Labute approximate surface area is 191 Å². The average molecular weight is 476 g/mol. The van der Waals surface area contributed by atoms with Gasteiger partial charge < -0.3 is 0 Å². The second-order valence-electron chi connectivity index (χ2n) is 6.67. The van der Waals surface area contributed by atoms with E-state index >= 15 is 0 Å². The lowest BCUT2D eigenvalue weighted by Gasteiger charge is -2.22. The molecule has 1 amide bonds. The number of halogens is 2. The summed E-state index contributed by atoms with van der Waals surface area (Å²) in [5.74, 6) is -0.433. The number of sulfonamides is 1. The Morgan fingerprint density at radius 1 is 1.00 bits per heavy atom. The molecule has 0 radical (unpaired) electrons. The van der Waals surface area contributed by atoms with Crippen molar-refractivity contribution in [1.82, 2.24) is 5.43 Å². The maximum absolute atomic E-state index is 12.3. The Balaban J connectivity index is 1.70. The highest BCUT2D eigenvalue weighted by atomic mass is 35.5. The zero-order valence-electron chi connectivity index (χ0n) is 16.5. The fraction of sp³-hybridized carbons (Fsp3) is 0.0909. The molecule has 9 heteroatoms. The molecular weight excluding hydrogens is 457 g/mol. The fourth-order valence-electron chi connectivity index (χ4n) is 2.75. The van der Waals surface area contributed by atoms with Crippen LogP contribution in [0.15, 0.2) is 77.9 Å². The SMILES string of the molecule is CS(=O)(=O)N(Cc1ccccc1)c1ccc(C(=O)N/N=C\c2ccc(Cl)c(Cl)c2)cc1. The van der Waals surface area contributed by atoms with Gasteiger partial charge in [-0.3, -0.25) is 9.10 Å². The van der Waals surface area contributed by atoms with Gasteiger partial charge in [-0.05, 0) is 47.5 Å². The smallest absolute Gasteiger partial charge is 0.267 e. The lowest BCUT2D eigenvalue weighted by Crippen LogP contribution is -2.29. The molecule has 6 nitrogen and oxygen atoms in total. The minimum atomic E-state index is -3.51. The molecule has 0 heterocycles. The van der Waals surface area contributed by atoms with E-state index in [0.29, 0.717) is 26.9 Å². The largest absolute Gasteiger partial charge is 0.271 e. The van der Waals surface area contributed by atoms with Crippen LogP contribution in [0.1, 0.15) is 21.5 Å². The van der Waals surface area contributed by atoms with Gasteiger partial charge >= 0.3 is 0 Å². The second kappa shape index (κ2) is 9.96. The summed E-state index contributed by atoms with van der Waals surface area (Å²) in [4.78, 5) is 12.3. The summed E-state index contributed by atoms with van der Waals surface area (Å²) < 4.78 is 25.9. The van der Waals surface area contributed by atoms with Crippen molar-refractivity contribution >= 4 is 51.0 Å². The van der Waals surface area contributed by atoms with E-state index in [1.165, 1.54) is 10.5 Å². The van der Waals surface area contributed by atoms with Gasteiger partial charge in [-0.2, -0.15) is 5.10 Å².